The summed E-state index contributed by atoms with van der Waals surface area (Å²) in [5, 5.41) is 8.68. The lowest BCUT2D eigenvalue weighted by Crippen LogP contribution is -2.07. The molecule has 2 aromatic rings. The standard InChI is InChI=1S/C11H6F3NO2/c12-11(13,14)9-3-1-2-6-7(9)4-15-5-8(6)10(16)17/h1-5H,(H,16,17). The van der Waals surface area contributed by atoms with Gasteiger partial charge in [0.2, 0.25) is 0 Å². The first kappa shape index (κ1) is 11.4. The summed E-state index contributed by atoms with van der Waals surface area (Å²) < 4.78 is 38.0. The third-order valence-electron chi connectivity index (χ3n) is 2.34. The minimum absolute atomic E-state index is 0.0299. The fraction of sp³-hybridized carbons (Fsp3) is 0.0909. The molecule has 0 aliphatic heterocycles. The third-order valence-corrected chi connectivity index (χ3v) is 2.34. The van der Waals surface area contributed by atoms with E-state index in [-0.39, 0.29) is 16.3 Å². The molecule has 0 fully saturated rings. The summed E-state index contributed by atoms with van der Waals surface area (Å²) in [5.41, 5.74) is -1.13. The van der Waals surface area contributed by atoms with Gasteiger partial charge in [-0.15, -0.1) is 0 Å². The largest absolute Gasteiger partial charge is 0.478 e. The molecule has 1 aromatic heterocycles. The molecule has 0 aliphatic rings. The van der Waals surface area contributed by atoms with Crippen LogP contribution in [0, 0.1) is 0 Å². The quantitative estimate of drug-likeness (QED) is 0.835. The van der Waals surface area contributed by atoms with Gasteiger partial charge < -0.3 is 5.11 Å². The van der Waals surface area contributed by atoms with Crippen molar-refractivity contribution in [3.05, 3.63) is 41.7 Å². The number of pyridine rings is 1. The van der Waals surface area contributed by atoms with Crippen LogP contribution in [0.2, 0.25) is 0 Å². The van der Waals surface area contributed by atoms with E-state index in [0.717, 1.165) is 18.5 Å². The van der Waals surface area contributed by atoms with Crippen LogP contribution in [0.3, 0.4) is 0 Å². The van der Waals surface area contributed by atoms with E-state index in [2.05, 4.69) is 4.98 Å². The maximum absolute atomic E-state index is 12.7. The highest BCUT2D eigenvalue weighted by Crippen LogP contribution is 2.35. The monoisotopic (exact) mass is 241 g/mol. The number of benzene rings is 1. The summed E-state index contributed by atoms with van der Waals surface area (Å²) in [6.45, 7) is 0. The normalized spacial score (nSPS) is 11.7. The average Bonchev–Trinajstić information content (AvgIpc) is 2.26. The van der Waals surface area contributed by atoms with Gasteiger partial charge in [-0.2, -0.15) is 13.2 Å². The van der Waals surface area contributed by atoms with E-state index in [1.54, 1.807) is 0 Å². The number of carboxylic acids is 1. The van der Waals surface area contributed by atoms with Crippen LogP contribution in [0.25, 0.3) is 10.8 Å². The van der Waals surface area contributed by atoms with Gasteiger partial charge in [-0.05, 0) is 11.5 Å². The van der Waals surface area contributed by atoms with Gasteiger partial charge in [-0.3, -0.25) is 4.98 Å². The fourth-order valence-electron chi connectivity index (χ4n) is 1.61. The van der Waals surface area contributed by atoms with Crippen LogP contribution < -0.4 is 0 Å². The summed E-state index contributed by atoms with van der Waals surface area (Å²) in [4.78, 5) is 14.4. The highest BCUT2D eigenvalue weighted by molar-refractivity contribution is 6.03. The number of halogens is 3. The van der Waals surface area contributed by atoms with Crippen molar-refractivity contribution >= 4 is 16.7 Å². The van der Waals surface area contributed by atoms with Gasteiger partial charge in [0.15, 0.2) is 0 Å². The van der Waals surface area contributed by atoms with Crippen LogP contribution in [0.4, 0.5) is 13.2 Å². The van der Waals surface area contributed by atoms with Crippen molar-refractivity contribution in [1.82, 2.24) is 4.98 Å². The molecule has 0 saturated heterocycles. The average molecular weight is 241 g/mol. The van der Waals surface area contributed by atoms with Crippen molar-refractivity contribution in [3.8, 4) is 0 Å². The SMILES string of the molecule is O=C(O)c1cncc2c(C(F)(F)F)cccc12. The molecule has 0 amide bonds. The number of hydrogen-bond donors (Lipinski definition) is 1. The molecule has 1 heterocycles. The zero-order chi connectivity index (χ0) is 12.6. The van der Waals surface area contributed by atoms with E-state index in [0.29, 0.717) is 0 Å². The van der Waals surface area contributed by atoms with Gasteiger partial charge in [0.25, 0.3) is 0 Å². The molecule has 1 aromatic carbocycles. The number of fused-ring (bicyclic) bond motifs is 1. The zero-order valence-electron chi connectivity index (χ0n) is 8.32. The van der Waals surface area contributed by atoms with E-state index >= 15 is 0 Å². The molecule has 0 spiro atoms. The van der Waals surface area contributed by atoms with E-state index < -0.39 is 17.7 Å². The van der Waals surface area contributed by atoms with Gasteiger partial charge in [0.1, 0.15) is 0 Å². The summed E-state index contributed by atoms with van der Waals surface area (Å²) in [7, 11) is 0. The highest BCUT2D eigenvalue weighted by atomic mass is 19.4. The number of aromatic nitrogens is 1. The molecule has 1 N–H and O–H groups in total. The minimum atomic E-state index is -4.53. The number of aromatic carboxylic acids is 1. The Morgan fingerprint density at radius 2 is 1.88 bits per heavy atom. The van der Waals surface area contributed by atoms with Crippen LogP contribution in [-0.2, 0) is 6.18 Å². The molecule has 0 radical (unpaired) electrons. The Hall–Kier alpha value is -2.11. The summed E-state index contributed by atoms with van der Waals surface area (Å²) in [6, 6.07) is 3.41. The van der Waals surface area contributed by atoms with E-state index in [9.17, 15) is 18.0 Å². The maximum Gasteiger partial charge on any atom is 0.417 e. The predicted octanol–water partition coefficient (Wildman–Crippen LogP) is 2.95. The number of alkyl halides is 3. The molecule has 0 saturated carbocycles. The molecule has 0 atom stereocenters. The van der Waals surface area contributed by atoms with Gasteiger partial charge in [-0.25, -0.2) is 4.79 Å². The lowest BCUT2D eigenvalue weighted by atomic mass is 10.0. The summed E-state index contributed by atoms with van der Waals surface area (Å²) in [6.07, 6.45) is -2.48. The Morgan fingerprint density at radius 3 is 2.47 bits per heavy atom. The van der Waals surface area contributed by atoms with Crippen molar-refractivity contribution in [3.63, 3.8) is 0 Å². The molecule has 2 rings (SSSR count). The number of hydrogen-bond acceptors (Lipinski definition) is 2. The maximum atomic E-state index is 12.7. The predicted molar refractivity (Wildman–Crippen MR) is 53.7 cm³/mol. The van der Waals surface area contributed by atoms with Gasteiger partial charge >= 0.3 is 12.1 Å². The fourth-order valence-corrected chi connectivity index (χ4v) is 1.61. The lowest BCUT2D eigenvalue weighted by Gasteiger charge is -2.10. The molecular weight excluding hydrogens is 235 g/mol. The first-order chi connectivity index (χ1) is 7.91. The zero-order valence-corrected chi connectivity index (χ0v) is 8.32. The first-order valence-electron chi connectivity index (χ1n) is 4.58. The van der Waals surface area contributed by atoms with E-state index in [4.69, 9.17) is 5.11 Å². The van der Waals surface area contributed by atoms with E-state index in [1.807, 2.05) is 0 Å². The van der Waals surface area contributed by atoms with Crippen LogP contribution in [0.1, 0.15) is 15.9 Å². The van der Waals surface area contributed by atoms with Crippen molar-refractivity contribution < 1.29 is 23.1 Å². The first-order valence-corrected chi connectivity index (χ1v) is 4.58. The Labute approximate surface area is 93.5 Å². The molecule has 6 heteroatoms. The van der Waals surface area contributed by atoms with Crippen LogP contribution in [0.15, 0.2) is 30.6 Å². The van der Waals surface area contributed by atoms with Crippen LogP contribution in [-0.4, -0.2) is 16.1 Å². The van der Waals surface area contributed by atoms with Crippen molar-refractivity contribution in [2.24, 2.45) is 0 Å². The topological polar surface area (TPSA) is 50.2 Å². The second-order valence-electron chi connectivity index (χ2n) is 3.39. The third kappa shape index (κ3) is 1.93. The van der Waals surface area contributed by atoms with Crippen molar-refractivity contribution in [1.29, 1.82) is 0 Å². The molecule has 3 nitrogen and oxygen atoms in total. The minimum Gasteiger partial charge on any atom is -0.478 e. The molecular formula is C11H6F3NO2. The Balaban J connectivity index is 2.84. The Morgan fingerprint density at radius 1 is 1.18 bits per heavy atom. The van der Waals surface area contributed by atoms with Gasteiger partial charge in [0, 0.05) is 17.8 Å². The van der Waals surface area contributed by atoms with Crippen molar-refractivity contribution in [2.75, 3.05) is 0 Å². The second-order valence-corrected chi connectivity index (χ2v) is 3.39. The summed E-state index contributed by atoms with van der Waals surface area (Å²) in [5.74, 6) is -1.30. The molecule has 88 valence electrons. The highest BCUT2D eigenvalue weighted by Gasteiger charge is 2.32. The van der Waals surface area contributed by atoms with Gasteiger partial charge in [0.05, 0.1) is 11.1 Å². The van der Waals surface area contributed by atoms with E-state index in [1.165, 1.54) is 12.1 Å². The molecule has 0 unspecified atom stereocenters. The Kier molecular flexibility index (Phi) is 2.49. The number of carbonyl (C=O) groups is 1. The number of rotatable bonds is 1. The second kappa shape index (κ2) is 3.73. The van der Waals surface area contributed by atoms with Crippen LogP contribution in [0.5, 0.6) is 0 Å². The number of carboxylic acid groups (broad SMARTS) is 1. The lowest BCUT2D eigenvalue weighted by molar-refractivity contribution is -0.136. The van der Waals surface area contributed by atoms with Gasteiger partial charge in [-0.1, -0.05) is 12.1 Å². The molecule has 0 aliphatic carbocycles. The Bertz CT molecular complexity index is 593. The number of nitrogens with zero attached hydrogens (tertiary/aromatic N) is 1. The molecule has 17 heavy (non-hydrogen) atoms. The summed E-state index contributed by atoms with van der Waals surface area (Å²) >= 11 is 0. The van der Waals surface area contributed by atoms with Crippen LogP contribution >= 0.6 is 0 Å². The smallest absolute Gasteiger partial charge is 0.417 e. The van der Waals surface area contributed by atoms with Crippen molar-refractivity contribution in [2.45, 2.75) is 6.18 Å². The molecule has 0 bridgehead atoms.